The molecule has 0 radical (unpaired) electrons. The molecule has 0 saturated heterocycles. The summed E-state index contributed by atoms with van der Waals surface area (Å²) < 4.78 is 1.15. The zero-order chi connectivity index (χ0) is 16.6. The number of carbonyl (C=O) groups excluding carboxylic acids is 1. The van der Waals surface area contributed by atoms with Crippen LogP contribution in [0.25, 0.3) is 21.0 Å². The topological polar surface area (TPSA) is 94.0 Å². The molecule has 3 rings (SSSR count). The van der Waals surface area contributed by atoms with Crippen LogP contribution in [0, 0.1) is 0 Å². The lowest BCUT2D eigenvalue weighted by Crippen LogP contribution is -2.34. The molecule has 0 aliphatic carbocycles. The van der Waals surface area contributed by atoms with Crippen molar-refractivity contribution < 1.29 is 4.79 Å². The molecule has 0 aliphatic heterocycles. The highest BCUT2D eigenvalue weighted by atomic mass is 32.1. The van der Waals surface area contributed by atoms with E-state index < -0.39 is 5.91 Å². The number of rotatable bonds is 5. The summed E-state index contributed by atoms with van der Waals surface area (Å²) in [7, 11) is 0. The van der Waals surface area contributed by atoms with Gasteiger partial charge in [0.2, 0.25) is 5.91 Å². The molecule has 23 heavy (non-hydrogen) atoms. The Balaban J connectivity index is 2.04. The SMILES string of the molecule is CC(C)(N)CCNc1nc2cc(C(N)=O)ccc2c2sccc12. The van der Waals surface area contributed by atoms with Crippen molar-refractivity contribution in [3.63, 3.8) is 0 Å². The Morgan fingerprint density at radius 2 is 2.09 bits per heavy atom. The number of amides is 1. The summed E-state index contributed by atoms with van der Waals surface area (Å²) in [6.45, 7) is 4.74. The zero-order valence-electron chi connectivity index (χ0n) is 13.2. The number of aromatic nitrogens is 1. The minimum Gasteiger partial charge on any atom is -0.369 e. The molecule has 6 heteroatoms. The number of nitrogens with one attached hydrogen (secondary N) is 1. The summed E-state index contributed by atoms with van der Waals surface area (Å²) in [5.74, 6) is 0.374. The first kappa shape index (κ1) is 15.7. The average Bonchev–Trinajstić information content (AvgIpc) is 2.95. The van der Waals surface area contributed by atoms with Crippen LogP contribution < -0.4 is 16.8 Å². The van der Waals surface area contributed by atoms with Crippen LogP contribution in [0.3, 0.4) is 0 Å². The number of benzene rings is 1. The van der Waals surface area contributed by atoms with E-state index in [-0.39, 0.29) is 5.54 Å². The quantitative estimate of drug-likeness (QED) is 0.671. The molecule has 0 saturated carbocycles. The summed E-state index contributed by atoms with van der Waals surface area (Å²) in [5.41, 5.74) is 12.4. The van der Waals surface area contributed by atoms with Gasteiger partial charge in [-0.15, -0.1) is 11.3 Å². The molecule has 0 unspecified atom stereocenters. The van der Waals surface area contributed by atoms with Crippen molar-refractivity contribution in [1.29, 1.82) is 0 Å². The molecule has 0 aliphatic rings. The average molecular weight is 328 g/mol. The van der Waals surface area contributed by atoms with Crippen LogP contribution in [0.1, 0.15) is 30.6 Å². The number of thiophene rings is 1. The van der Waals surface area contributed by atoms with E-state index in [1.165, 1.54) is 0 Å². The molecule has 0 fully saturated rings. The van der Waals surface area contributed by atoms with Crippen LogP contribution in [-0.4, -0.2) is 23.0 Å². The number of pyridine rings is 1. The van der Waals surface area contributed by atoms with Crippen molar-refractivity contribution in [2.24, 2.45) is 11.5 Å². The number of primary amides is 1. The smallest absolute Gasteiger partial charge is 0.248 e. The summed E-state index contributed by atoms with van der Waals surface area (Å²) >= 11 is 1.66. The van der Waals surface area contributed by atoms with Crippen molar-refractivity contribution in [3.05, 3.63) is 35.2 Å². The monoisotopic (exact) mass is 328 g/mol. The van der Waals surface area contributed by atoms with Crippen molar-refractivity contribution in [1.82, 2.24) is 4.98 Å². The van der Waals surface area contributed by atoms with Gasteiger partial charge in [0.25, 0.3) is 0 Å². The molecule has 0 bridgehead atoms. The fraction of sp³-hybridized carbons (Fsp3) is 0.294. The molecule has 0 spiro atoms. The highest BCUT2D eigenvalue weighted by Crippen LogP contribution is 2.33. The van der Waals surface area contributed by atoms with Crippen LogP contribution >= 0.6 is 11.3 Å². The van der Waals surface area contributed by atoms with E-state index in [1.54, 1.807) is 23.5 Å². The van der Waals surface area contributed by atoms with Gasteiger partial charge < -0.3 is 16.8 Å². The third-order valence-corrected chi connectivity index (χ3v) is 4.69. The van der Waals surface area contributed by atoms with Crippen molar-refractivity contribution in [3.8, 4) is 0 Å². The summed E-state index contributed by atoms with van der Waals surface area (Å²) in [4.78, 5) is 16.1. The van der Waals surface area contributed by atoms with E-state index in [0.29, 0.717) is 5.56 Å². The second-order valence-corrected chi connectivity index (χ2v) is 7.30. The Bertz CT molecular complexity index is 879. The molecule has 5 N–H and O–H groups in total. The Hall–Kier alpha value is -2.18. The van der Waals surface area contributed by atoms with E-state index in [1.807, 2.05) is 25.3 Å². The number of hydrogen-bond donors (Lipinski definition) is 3. The molecular formula is C17H20N4OS. The van der Waals surface area contributed by atoms with E-state index in [0.717, 1.165) is 39.8 Å². The van der Waals surface area contributed by atoms with E-state index in [9.17, 15) is 4.79 Å². The predicted molar refractivity (Wildman–Crippen MR) is 97.0 cm³/mol. The van der Waals surface area contributed by atoms with Gasteiger partial charge in [-0.1, -0.05) is 6.07 Å². The van der Waals surface area contributed by atoms with Gasteiger partial charge in [0.15, 0.2) is 0 Å². The molecule has 2 aromatic heterocycles. The van der Waals surface area contributed by atoms with E-state index in [2.05, 4.69) is 16.4 Å². The fourth-order valence-corrected chi connectivity index (χ4v) is 3.42. The third-order valence-electron chi connectivity index (χ3n) is 3.74. The maximum atomic E-state index is 11.4. The number of hydrogen-bond acceptors (Lipinski definition) is 5. The maximum Gasteiger partial charge on any atom is 0.248 e. The van der Waals surface area contributed by atoms with Gasteiger partial charge in [0, 0.05) is 33.1 Å². The van der Waals surface area contributed by atoms with E-state index in [4.69, 9.17) is 11.5 Å². The minimum atomic E-state index is -0.445. The molecule has 120 valence electrons. The highest BCUT2D eigenvalue weighted by molar-refractivity contribution is 7.18. The second kappa shape index (κ2) is 5.79. The molecule has 0 atom stereocenters. The molecule has 2 heterocycles. The van der Waals surface area contributed by atoms with Crippen LogP contribution in [0.5, 0.6) is 0 Å². The molecule has 3 aromatic rings. The van der Waals surface area contributed by atoms with Gasteiger partial charge in [-0.05, 0) is 43.8 Å². The minimum absolute atomic E-state index is 0.225. The molecule has 5 nitrogen and oxygen atoms in total. The number of nitrogens with zero attached hydrogens (tertiary/aromatic N) is 1. The molecule has 1 amide bonds. The number of anilines is 1. The van der Waals surface area contributed by atoms with Crippen molar-refractivity contribution >= 4 is 44.1 Å². The molecular weight excluding hydrogens is 308 g/mol. The first-order valence-electron chi connectivity index (χ1n) is 7.49. The number of nitrogens with two attached hydrogens (primary N) is 2. The lowest BCUT2D eigenvalue weighted by atomic mass is 10.0. The van der Waals surface area contributed by atoms with Crippen LogP contribution in [-0.2, 0) is 0 Å². The lowest BCUT2D eigenvalue weighted by molar-refractivity contribution is 0.100. The fourth-order valence-electron chi connectivity index (χ4n) is 2.49. The van der Waals surface area contributed by atoms with Gasteiger partial charge in [-0.25, -0.2) is 4.98 Å². The summed E-state index contributed by atoms with van der Waals surface area (Å²) in [6, 6.07) is 7.46. The largest absolute Gasteiger partial charge is 0.369 e. The van der Waals surface area contributed by atoms with Gasteiger partial charge in [0.05, 0.1) is 5.52 Å². The Morgan fingerprint density at radius 3 is 2.78 bits per heavy atom. The van der Waals surface area contributed by atoms with Gasteiger partial charge in [0.1, 0.15) is 5.82 Å². The van der Waals surface area contributed by atoms with Crippen LogP contribution in [0.4, 0.5) is 5.82 Å². The second-order valence-electron chi connectivity index (χ2n) is 6.39. The van der Waals surface area contributed by atoms with Gasteiger partial charge in [-0.3, -0.25) is 4.79 Å². The van der Waals surface area contributed by atoms with Crippen LogP contribution in [0.2, 0.25) is 0 Å². The van der Waals surface area contributed by atoms with Crippen molar-refractivity contribution in [2.45, 2.75) is 25.8 Å². The Kier molecular flexibility index (Phi) is 3.95. The standard InChI is InChI=1S/C17H20N4OS/c1-17(2,19)6-7-20-16-12-5-8-23-14(12)11-4-3-10(15(18)22)9-13(11)21-16/h3-5,8-9H,6-7,19H2,1-2H3,(H2,18,22)(H,20,21). The number of carbonyl (C=O) groups is 1. The van der Waals surface area contributed by atoms with Gasteiger partial charge in [-0.2, -0.15) is 0 Å². The number of fused-ring (bicyclic) bond motifs is 3. The summed E-state index contributed by atoms with van der Waals surface area (Å²) in [6.07, 6.45) is 0.833. The van der Waals surface area contributed by atoms with Crippen LogP contribution in [0.15, 0.2) is 29.6 Å². The third kappa shape index (κ3) is 3.28. The van der Waals surface area contributed by atoms with Crippen molar-refractivity contribution in [2.75, 3.05) is 11.9 Å². The first-order chi connectivity index (χ1) is 10.8. The zero-order valence-corrected chi connectivity index (χ0v) is 14.0. The lowest BCUT2D eigenvalue weighted by Gasteiger charge is -2.19. The predicted octanol–water partition coefficient (Wildman–Crippen LogP) is 3.09. The first-order valence-corrected chi connectivity index (χ1v) is 8.37. The Morgan fingerprint density at radius 1 is 1.30 bits per heavy atom. The normalized spacial score (nSPS) is 12.0. The van der Waals surface area contributed by atoms with E-state index >= 15 is 0 Å². The Labute approximate surface area is 138 Å². The van der Waals surface area contributed by atoms with Gasteiger partial charge >= 0.3 is 0 Å². The molecule has 1 aromatic carbocycles. The highest BCUT2D eigenvalue weighted by Gasteiger charge is 2.13. The maximum absolute atomic E-state index is 11.4. The summed E-state index contributed by atoms with van der Waals surface area (Å²) in [5, 5.41) is 7.54.